The molecule has 0 aliphatic heterocycles. The normalized spacial score (nSPS) is 11.3. The van der Waals surface area contributed by atoms with Gasteiger partial charge in [0.15, 0.2) is 6.10 Å². The van der Waals surface area contributed by atoms with E-state index in [1.807, 2.05) is 0 Å². The van der Waals surface area contributed by atoms with E-state index < -0.39 is 28.8 Å². The number of carbonyl (C=O) groups is 3. The Morgan fingerprint density at radius 2 is 1.81 bits per heavy atom. The van der Waals surface area contributed by atoms with Crippen molar-refractivity contribution < 1.29 is 24.0 Å². The van der Waals surface area contributed by atoms with Crippen LogP contribution in [-0.4, -0.2) is 28.8 Å². The molecule has 0 saturated heterocycles. The second-order valence-corrected chi connectivity index (χ2v) is 5.81. The van der Waals surface area contributed by atoms with Gasteiger partial charge in [-0.1, -0.05) is 11.6 Å². The summed E-state index contributed by atoms with van der Waals surface area (Å²) in [5.74, 6) is -2.12. The van der Waals surface area contributed by atoms with E-state index in [0.29, 0.717) is 5.69 Å². The number of primary amides is 1. The summed E-state index contributed by atoms with van der Waals surface area (Å²) >= 11 is 5.86. The van der Waals surface area contributed by atoms with Crippen LogP contribution in [0, 0.1) is 10.1 Å². The molecule has 0 heterocycles. The quantitative estimate of drug-likeness (QED) is 0.440. The van der Waals surface area contributed by atoms with Gasteiger partial charge in [-0.3, -0.25) is 19.7 Å². The van der Waals surface area contributed by atoms with Crippen LogP contribution in [-0.2, 0) is 9.53 Å². The van der Waals surface area contributed by atoms with Crippen molar-refractivity contribution in [2.24, 2.45) is 5.73 Å². The fraction of sp³-hybridized carbons (Fsp3) is 0.118. The summed E-state index contributed by atoms with van der Waals surface area (Å²) in [7, 11) is 0. The summed E-state index contributed by atoms with van der Waals surface area (Å²) in [6.45, 7) is 1.35. The van der Waals surface area contributed by atoms with E-state index in [0.717, 1.165) is 18.2 Å². The largest absolute Gasteiger partial charge is 0.449 e. The second kappa shape index (κ2) is 8.28. The molecule has 0 unspecified atom stereocenters. The Balaban J connectivity index is 2.02. The maximum atomic E-state index is 12.1. The van der Waals surface area contributed by atoms with Crippen molar-refractivity contribution in [1.82, 2.24) is 0 Å². The Morgan fingerprint density at radius 3 is 2.33 bits per heavy atom. The zero-order valence-corrected chi connectivity index (χ0v) is 14.7. The first-order valence-electron chi connectivity index (χ1n) is 7.54. The molecule has 10 heteroatoms. The van der Waals surface area contributed by atoms with Crippen LogP contribution in [0.3, 0.4) is 0 Å². The van der Waals surface area contributed by atoms with Crippen molar-refractivity contribution in [3.8, 4) is 0 Å². The van der Waals surface area contributed by atoms with Crippen molar-refractivity contribution in [3.63, 3.8) is 0 Å². The molecule has 0 saturated carbocycles. The highest BCUT2D eigenvalue weighted by atomic mass is 35.5. The lowest BCUT2D eigenvalue weighted by Crippen LogP contribution is -2.30. The van der Waals surface area contributed by atoms with Gasteiger partial charge >= 0.3 is 5.97 Å². The minimum absolute atomic E-state index is 0.104. The number of halogens is 1. The first-order valence-corrected chi connectivity index (χ1v) is 7.92. The Hall–Kier alpha value is -3.46. The summed E-state index contributed by atoms with van der Waals surface area (Å²) in [5, 5.41) is 13.0. The summed E-state index contributed by atoms with van der Waals surface area (Å²) < 4.78 is 5.03. The molecular formula is C17H14ClN3O6. The second-order valence-electron chi connectivity index (χ2n) is 5.40. The zero-order valence-electron chi connectivity index (χ0n) is 14.0. The van der Waals surface area contributed by atoms with Crippen molar-refractivity contribution in [3.05, 3.63) is 68.7 Å². The number of anilines is 1. The number of carbonyl (C=O) groups excluding carboxylic acids is 3. The number of hydrogen-bond donors (Lipinski definition) is 2. The Bertz CT molecular complexity index is 913. The van der Waals surface area contributed by atoms with Crippen LogP contribution in [0.1, 0.15) is 27.6 Å². The molecule has 0 spiro atoms. The third kappa shape index (κ3) is 5.02. The lowest BCUT2D eigenvalue weighted by molar-refractivity contribution is -0.384. The molecule has 3 N–H and O–H groups in total. The van der Waals surface area contributed by atoms with Crippen molar-refractivity contribution >= 4 is 40.8 Å². The maximum absolute atomic E-state index is 12.1. The van der Waals surface area contributed by atoms with Gasteiger partial charge in [-0.15, -0.1) is 0 Å². The molecule has 0 radical (unpaired) electrons. The third-order valence-corrected chi connectivity index (χ3v) is 3.79. The first kappa shape index (κ1) is 19.9. The molecule has 0 aromatic heterocycles. The highest BCUT2D eigenvalue weighted by Crippen LogP contribution is 2.23. The number of nitro groups is 1. The molecule has 0 aliphatic carbocycles. The number of amides is 2. The first-order chi connectivity index (χ1) is 12.7. The summed E-state index contributed by atoms with van der Waals surface area (Å²) in [4.78, 5) is 45.3. The number of hydrogen-bond acceptors (Lipinski definition) is 6. The lowest BCUT2D eigenvalue weighted by Gasteiger charge is -2.14. The van der Waals surface area contributed by atoms with Gasteiger partial charge in [0.05, 0.1) is 15.5 Å². The average Bonchev–Trinajstić information content (AvgIpc) is 2.61. The van der Waals surface area contributed by atoms with Crippen molar-refractivity contribution in [2.45, 2.75) is 13.0 Å². The van der Waals surface area contributed by atoms with Crippen LogP contribution < -0.4 is 11.1 Å². The van der Waals surface area contributed by atoms with E-state index in [1.165, 1.54) is 31.2 Å². The Morgan fingerprint density at radius 1 is 1.19 bits per heavy atom. The highest BCUT2D eigenvalue weighted by Gasteiger charge is 2.22. The summed E-state index contributed by atoms with van der Waals surface area (Å²) in [5.41, 5.74) is 5.40. The molecule has 1 atom stereocenters. The average molecular weight is 392 g/mol. The highest BCUT2D eigenvalue weighted by molar-refractivity contribution is 6.33. The van der Waals surface area contributed by atoms with E-state index in [4.69, 9.17) is 22.1 Å². The molecule has 140 valence electrons. The van der Waals surface area contributed by atoms with Crippen LogP contribution in [0.2, 0.25) is 5.02 Å². The Kier molecular flexibility index (Phi) is 6.09. The fourth-order valence-electron chi connectivity index (χ4n) is 2.02. The summed E-state index contributed by atoms with van der Waals surface area (Å²) in [6.07, 6.45) is -1.17. The number of nitrogens with two attached hydrogens (primary N) is 1. The van der Waals surface area contributed by atoms with E-state index >= 15 is 0 Å². The zero-order chi connectivity index (χ0) is 20.1. The van der Waals surface area contributed by atoms with E-state index in [2.05, 4.69) is 5.32 Å². The molecule has 2 aromatic carbocycles. The number of nitro benzene ring substituents is 1. The van der Waals surface area contributed by atoms with Crippen molar-refractivity contribution in [1.29, 1.82) is 0 Å². The van der Waals surface area contributed by atoms with Crippen LogP contribution in [0.15, 0.2) is 42.5 Å². The predicted octanol–water partition coefficient (Wildman–Crippen LogP) is 2.53. The number of rotatable bonds is 6. The number of benzene rings is 2. The lowest BCUT2D eigenvalue weighted by atomic mass is 10.2. The molecule has 9 nitrogen and oxygen atoms in total. The number of nitrogens with zero attached hydrogens (tertiary/aromatic N) is 1. The van der Waals surface area contributed by atoms with Gasteiger partial charge in [-0.25, -0.2) is 4.79 Å². The maximum Gasteiger partial charge on any atom is 0.340 e. The van der Waals surface area contributed by atoms with E-state index in [9.17, 15) is 24.5 Å². The SMILES string of the molecule is C[C@H](OC(=O)c1ccc([N+](=O)[O-])cc1Cl)C(=O)Nc1ccc(C(N)=O)cc1. The van der Waals surface area contributed by atoms with Crippen molar-refractivity contribution in [2.75, 3.05) is 5.32 Å². The molecule has 0 bridgehead atoms. The standard InChI is InChI=1S/C17H14ClN3O6/c1-9(16(23)20-11-4-2-10(3-5-11)15(19)22)27-17(24)13-7-6-12(21(25)26)8-14(13)18/h2-9H,1H3,(H2,19,22)(H,20,23)/t9-/m0/s1. The van der Waals surface area contributed by atoms with Gasteiger partial charge in [0.2, 0.25) is 5.91 Å². The molecule has 0 aliphatic rings. The topological polar surface area (TPSA) is 142 Å². The molecule has 0 fully saturated rings. The third-order valence-electron chi connectivity index (χ3n) is 3.47. The van der Waals surface area contributed by atoms with E-state index in [1.54, 1.807) is 0 Å². The fourth-order valence-corrected chi connectivity index (χ4v) is 2.27. The minimum Gasteiger partial charge on any atom is -0.449 e. The number of ether oxygens (including phenoxy) is 1. The van der Waals surface area contributed by atoms with Gasteiger partial charge in [0.1, 0.15) is 0 Å². The monoisotopic (exact) mass is 391 g/mol. The van der Waals surface area contributed by atoms with E-state index in [-0.39, 0.29) is 21.8 Å². The van der Waals surface area contributed by atoms with Gasteiger partial charge in [0, 0.05) is 23.4 Å². The number of esters is 1. The van der Waals surface area contributed by atoms with Crippen LogP contribution in [0.4, 0.5) is 11.4 Å². The molecule has 2 amide bonds. The summed E-state index contributed by atoms with van der Waals surface area (Å²) in [6, 6.07) is 9.09. The minimum atomic E-state index is -1.17. The number of non-ortho nitro benzene ring substituents is 1. The van der Waals surface area contributed by atoms with Gasteiger partial charge < -0.3 is 15.8 Å². The predicted molar refractivity (Wildman–Crippen MR) is 96.6 cm³/mol. The van der Waals surface area contributed by atoms with Gasteiger partial charge in [0.25, 0.3) is 11.6 Å². The molecule has 27 heavy (non-hydrogen) atoms. The van der Waals surface area contributed by atoms with Crippen LogP contribution in [0.5, 0.6) is 0 Å². The molecule has 2 aromatic rings. The number of nitrogens with one attached hydrogen (secondary N) is 1. The molecular weight excluding hydrogens is 378 g/mol. The molecule has 2 rings (SSSR count). The van der Waals surface area contributed by atoms with Crippen LogP contribution >= 0.6 is 11.6 Å². The Labute approximate surface area is 158 Å². The van der Waals surface area contributed by atoms with Gasteiger partial charge in [-0.2, -0.15) is 0 Å². The smallest absolute Gasteiger partial charge is 0.340 e. The van der Waals surface area contributed by atoms with Crippen LogP contribution in [0.25, 0.3) is 0 Å². The van der Waals surface area contributed by atoms with Gasteiger partial charge in [-0.05, 0) is 37.3 Å².